The van der Waals surface area contributed by atoms with Crippen molar-refractivity contribution < 1.29 is 4.79 Å². The summed E-state index contributed by atoms with van der Waals surface area (Å²) >= 11 is 6.86. The molecule has 3 heteroatoms. The van der Waals surface area contributed by atoms with Gasteiger partial charge in [-0.25, -0.2) is 0 Å². The largest absolute Gasteiger partial charge is 0.286 e. The maximum absolute atomic E-state index is 11.0. The zero-order valence-electron chi connectivity index (χ0n) is 6.77. The van der Waals surface area contributed by atoms with Crippen molar-refractivity contribution in [2.24, 2.45) is 0 Å². The molecule has 0 aromatic heterocycles. The Hall–Kier alpha value is 0.310. The summed E-state index contributed by atoms with van der Waals surface area (Å²) in [7, 11) is 0. The van der Waals surface area contributed by atoms with Gasteiger partial charge in [0.25, 0.3) is 0 Å². The number of carbonyl (C=O) groups is 1. The average molecular weight is 181 g/mol. The molecular formula is C7H13ClOS. The van der Waals surface area contributed by atoms with Crippen molar-refractivity contribution in [3.8, 4) is 0 Å². The fourth-order valence-electron chi connectivity index (χ4n) is 0.383. The van der Waals surface area contributed by atoms with Gasteiger partial charge in [-0.3, -0.25) is 4.79 Å². The molecule has 0 aliphatic carbocycles. The van der Waals surface area contributed by atoms with E-state index >= 15 is 0 Å². The van der Waals surface area contributed by atoms with Crippen molar-refractivity contribution in [1.29, 1.82) is 0 Å². The molecule has 0 saturated carbocycles. The van der Waals surface area contributed by atoms with Crippen LogP contribution < -0.4 is 0 Å². The van der Waals surface area contributed by atoms with E-state index in [-0.39, 0.29) is 15.2 Å². The van der Waals surface area contributed by atoms with Crippen LogP contribution in [0.3, 0.4) is 0 Å². The Labute approximate surface area is 71.5 Å². The van der Waals surface area contributed by atoms with E-state index in [0.29, 0.717) is 0 Å². The quantitative estimate of drug-likeness (QED) is 0.578. The molecule has 0 aromatic carbocycles. The highest BCUT2D eigenvalue weighted by Gasteiger charge is 2.19. The second kappa shape index (κ2) is 3.63. The van der Waals surface area contributed by atoms with Gasteiger partial charge >= 0.3 is 0 Å². The van der Waals surface area contributed by atoms with Crippen LogP contribution >= 0.6 is 23.4 Å². The number of rotatable bonds is 1. The Kier molecular flexibility index (Phi) is 3.74. The van der Waals surface area contributed by atoms with Gasteiger partial charge in [-0.1, -0.05) is 32.5 Å². The van der Waals surface area contributed by atoms with Gasteiger partial charge in [0, 0.05) is 4.75 Å². The van der Waals surface area contributed by atoms with Gasteiger partial charge in [-0.05, 0) is 6.92 Å². The van der Waals surface area contributed by atoms with Crippen molar-refractivity contribution in [3.63, 3.8) is 0 Å². The van der Waals surface area contributed by atoms with E-state index < -0.39 is 0 Å². The van der Waals surface area contributed by atoms with Crippen molar-refractivity contribution in [2.75, 3.05) is 0 Å². The van der Waals surface area contributed by atoms with Crippen LogP contribution in [0.25, 0.3) is 0 Å². The number of hydrogen-bond acceptors (Lipinski definition) is 2. The zero-order valence-corrected chi connectivity index (χ0v) is 8.34. The molecule has 0 aromatic rings. The third kappa shape index (κ3) is 5.12. The van der Waals surface area contributed by atoms with Crippen LogP contribution in [0, 0.1) is 0 Å². The number of hydrogen-bond donors (Lipinski definition) is 0. The molecule has 0 saturated heterocycles. The summed E-state index contributed by atoms with van der Waals surface area (Å²) < 4.78 is -0.0137. The maximum Gasteiger partial charge on any atom is 0.207 e. The van der Waals surface area contributed by atoms with Crippen molar-refractivity contribution in [3.05, 3.63) is 0 Å². The molecule has 60 valence electrons. The van der Waals surface area contributed by atoms with Crippen LogP contribution in [0.4, 0.5) is 0 Å². The van der Waals surface area contributed by atoms with Gasteiger partial charge in [-0.15, -0.1) is 11.6 Å². The standard InChI is InChI=1S/C7H13ClOS/c1-5(8)6(9)10-7(2,3)4/h5H,1-4H3. The Balaban J connectivity index is 3.81. The molecule has 0 bridgehead atoms. The Morgan fingerprint density at radius 3 is 2.00 bits per heavy atom. The molecule has 1 nitrogen and oxygen atoms in total. The molecule has 0 aliphatic heterocycles. The van der Waals surface area contributed by atoms with Gasteiger partial charge in [0.2, 0.25) is 5.12 Å². The van der Waals surface area contributed by atoms with Crippen molar-refractivity contribution in [2.45, 2.75) is 37.8 Å². The Morgan fingerprint density at radius 1 is 1.50 bits per heavy atom. The highest BCUT2D eigenvalue weighted by molar-refractivity contribution is 8.15. The summed E-state index contributed by atoms with van der Waals surface area (Å²) in [6.45, 7) is 7.68. The fourth-order valence-corrected chi connectivity index (χ4v) is 1.28. The zero-order chi connectivity index (χ0) is 8.36. The highest BCUT2D eigenvalue weighted by atomic mass is 35.5. The molecule has 1 unspecified atom stereocenters. The van der Waals surface area contributed by atoms with Crippen LogP contribution in [0.5, 0.6) is 0 Å². The first-order valence-electron chi connectivity index (χ1n) is 3.20. The minimum Gasteiger partial charge on any atom is -0.286 e. The van der Waals surface area contributed by atoms with E-state index in [4.69, 9.17) is 11.6 Å². The lowest BCUT2D eigenvalue weighted by Gasteiger charge is -2.16. The minimum atomic E-state index is -0.371. The summed E-state index contributed by atoms with van der Waals surface area (Å²) in [5, 5.41) is -0.321. The van der Waals surface area contributed by atoms with Crippen molar-refractivity contribution in [1.82, 2.24) is 0 Å². The second-order valence-corrected chi connectivity index (χ2v) is 5.64. The van der Waals surface area contributed by atoms with Crippen LogP contribution in [0.1, 0.15) is 27.7 Å². The summed E-state index contributed by atoms with van der Waals surface area (Å²) in [5.41, 5.74) is 0. The van der Waals surface area contributed by atoms with Gasteiger partial charge in [-0.2, -0.15) is 0 Å². The molecule has 0 radical (unpaired) electrons. The number of thioether (sulfide) groups is 1. The lowest BCUT2D eigenvalue weighted by molar-refractivity contribution is -0.110. The summed E-state index contributed by atoms with van der Waals surface area (Å²) in [6, 6.07) is 0. The maximum atomic E-state index is 11.0. The van der Waals surface area contributed by atoms with Gasteiger partial charge in [0.15, 0.2) is 0 Å². The van der Waals surface area contributed by atoms with E-state index in [2.05, 4.69) is 0 Å². The SMILES string of the molecule is CC(Cl)C(=O)SC(C)(C)C. The van der Waals surface area contributed by atoms with Crippen molar-refractivity contribution >= 4 is 28.5 Å². The third-order valence-corrected chi connectivity index (χ3v) is 2.23. The Bertz CT molecular complexity index is 126. The van der Waals surface area contributed by atoms with Crippen LogP contribution in [-0.2, 0) is 4.79 Å². The third-order valence-electron chi connectivity index (χ3n) is 0.732. The van der Waals surface area contributed by atoms with E-state index in [0.717, 1.165) is 0 Å². The van der Waals surface area contributed by atoms with Gasteiger partial charge < -0.3 is 0 Å². The van der Waals surface area contributed by atoms with Crippen LogP contribution in [-0.4, -0.2) is 15.2 Å². The normalized spacial score (nSPS) is 14.9. The summed E-state index contributed by atoms with van der Waals surface area (Å²) in [4.78, 5) is 11.0. The van der Waals surface area contributed by atoms with E-state index in [1.54, 1.807) is 6.92 Å². The Morgan fingerprint density at radius 2 is 1.90 bits per heavy atom. The van der Waals surface area contributed by atoms with Gasteiger partial charge in [0.1, 0.15) is 0 Å². The first-order chi connectivity index (χ1) is 4.33. The number of alkyl halides is 1. The smallest absolute Gasteiger partial charge is 0.207 e. The number of halogens is 1. The highest BCUT2D eigenvalue weighted by Crippen LogP contribution is 2.26. The molecule has 0 heterocycles. The second-order valence-electron chi connectivity index (χ2n) is 3.15. The predicted molar refractivity (Wildman–Crippen MR) is 47.7 cm³/mol. The lowest BCUT2D eigenvalue weighted by Crippen LogP contribution is -2.16. The average Bonchev–Trinajstić information content (AvgIpc) is 1.60. The molecule has 0 N–H and O–H groups in total. The van der Waals surface area contributed by atoms with E-state index in [9.17, 15) is 4.79 Å². The van der Waals surface area contributed by atoms with Crippen LogP contribution in [0.15, 0.2) is 0 Å². The number of carbonyl (C=O) groups excluding carboxylic acids is 1. The molecule has 0 spiro atoms. The first kappa shape index (κ1) is 10.3. The van der Waals surface area contributed by atoms with E-state index in [1.165, 1.54) is 11.8 Å². The molecule has 0 amide bonds. The first-order valence-corrected chi connectivity index (χ1v) is 4.45. The molecular weight excluding hydrogens is 168 g/mol. The summed E-state index contributed by atoms with van der Waals surface area (Å²) in [6.07, 6.45) is 0. The molecule has 0 aliphatic rings. The minimum absolute atomic E-state index is 0.0137. The van der Waals surface area contributed by atoms with Crippen LogP contribution in [0.2, 0.25) is 0 Å². The van der Waals surface area contributed by atoms with Gasteiger partial charge in [0.05, 0.1) is 5.38 Å². The molecule has 1 atom stereocenters. The molecule has 10 heavy (non-hydrogen) atoms. The molecule has 0 rings (SSSR count). The fraction of sp³-hybridized carbons (Fsp3) is 0.857. The van der Waals surface area contributed by atoms with E-state index in [1.807, 2.05) is 20.8 Å². The molecule has 0 fully saturated rings. The topological polar surface area (TPSA) is 17.1 Å². The summed E-state index contributed by atoms with van der Waals surface area (Å²) in [5.74, 6) is 0. The lowest BCUT2D eigenvalue weighted by atomic mass is 10.3. The monoisotopic (exact) mass is 180 g/mol. The predicted octanol–water partition coefficient (Wildman–Crippen LogP) is 2.67.